The molecule has 1 aliphatic carbocycles. The van der Waals surface area contributed by atoms with Crippen LogP contribution in [-0.4, -0.2) is 47.2 Å². The highest BCUT2D eigenvalue weighted by molar-refractivity contribution is 5.85. The monoisotopic (exact) mass is 478 g/mol. The maximum absolute atomic E-state index is 12.6. The zero-order chi connectivity index (χ0) is 22.2. The van der Waals surface area contributed by atoms with Gasteiger partial charge in [0, 0.05) is 37.3 Å². The molecule has 0 unspecified atom stereocenters. The van der Waals surface area contributed by atoms with E-state index < -0.39 is 12.1 Å². The summed E-state index contributed by atoms with van der Waals surface area (Å²) in [6.07, 6.45) is 1.30. The molecule has 2 heterocycles. The Kier molecular flexibility index (Phi) is 7.51. The first-order valence-electron chi connectivity index (χ1n) is 11.0. The lowest BCUT2D eigenvalue weighted by Crippen LogP contribution is -2.52. The summed E-state index contributed by atoms with van der Waals surface area (Å²) in [4.78, 5) is 15.0. The lowest BCUT2D eigenvalue weighted by molar-refractivity contribution is -0.274. The van der Waals surface area contributed by atoms with Crippen LogP contribution in [0.15, 0.2) is 27.4 Å². The second kappa shape index (κ2) is 9.65. The van der Waals surface area contributed by atoms with Crippen molar-refractivity contribution in [1.82, 2.24) is 9.47 Å². The number of benzene rings is 1. The second-order valence-electron chi connectivity index (χ2n) is 8.79. The summed E-state index contributed by atoms with van der Waals surface area (Å²) in [5.74, 6) is -0.897. The normalized spacial score (nSPS) is 25.6. The zero-order valence-corrected chi connectivity index (χ0v) is 19.1. The molecule has 180 valence electrons. The average molecular weight is 479 g/mol. The lowest BCUT2D eigenvalue weighted by atomic mass is 9.79. The Morgan fingerprint density at radius 3 is 2.41 bits per heavy atom. The number of rotatable bonds is 5. The fraction of sp³-hybridized carbons (Fsp3) is 0.682. The van der Waals surface area contributed by atoms with Gasteiger partial charge < -0.3 is 13.9 Å². The molecular formula is C22H30ClF3N2O4. The number of ether oxygens (including phenoxy) is 2. The van der Waals surface area contributed by atoms with Gasteiger partial charge >= 0.3 is 12.1 Å². The number of aromatic nitrogens is 1. The fourth-order valence-electron chi connectivity index (χ4n) is 5.15. The van der Waals surface area contributed by atoms with Crippen molar-refractivity contribution in [2.45, 2.75) is 76.4 Å². The van der Waals surface area contributed by atoms with Crippen LogP contribution in [0, 0.1) is 0 Å². The number of likely N-dealkylation sites (tertiary alicyclic amines) is 1. The molecule has 0 amide bonds. The molecule has 6 nitrogen and oxygen atoms in total. The van der Waals surface area contributed by atoms with E-state index in [9.17, 15) is 18.0 Å². The molecule has 1 aromatic heterocycles. The minimum absolute atomic E-state index is 0. The molecule has 0 spiro atoms. The van der Waals surface area contributed by atoms with Crippen molar-refractivity contribution in [3.05, 3.63) is 28.7 Å². The Hall–Kier alpha value is -1.71. The molecule has 1 aliphatic heterocycles. The van der Waals surface area contributed by atoms with Crippen molar-refractivity contribution in [2.75, 3.05) is 19.7 Å². The van der Waals surface area contributed by atoms with Crippen molar-refractivity contribution in [2.24, 2.45) is 0 Å². The number of oxazole rings is 1. The van der Waals surface area contributed by atoms with E-state index in [1.807, 2.05) is 6.92 Å². The van der Waals surface area contributed by atoms with Crippen molar-refractivity contribution in [3.63, 3.8) is 0 Å². The van der Waals surface area contributed by atoms with Gasteiger partial charge in [0.25, 0.3) is 0 Å². The van der Waals surface area contributed by atoms with Crippen LogP contribution in [0.2, 0.25) is 0 Å². The zero-order valence-electron chi connectivity index (χ0n) is 18.3. The van der Waals surface area contributed by atoms with Crippen LogP contribution in [-0.2, 0) is 4.74 Å². The third kappa shape index (κ3) is 5.26. The van der Waals surface area contributed by atoms with Crippen molar-refractivity contribution in [1.29, 1.82) is 0 Å². The van der Waals surface area contributed by atoms with E-state index in [2.05, 4.69) is 16.6 Å². The molecule has 1 aromatic carbocycles. The number of nitrogens with zero attached hydrogens (tertiary/aromatic N) is 2. The SMILES string of the molecule is CCOC1CCC(C)(N2CCC(n3c(=O)oc4ccc(OC(F)(F)F)cc43)CC2)CC1.Cl. The maximum Gasteiger partial charge on any atom is 0.573 e. The molecule has 0 radical (unpaired) electrons. The van der Waals surface area contributed by atoms with E-state index in [4.69, 9.17) is 9.15 Å². The third-order valence-electron chi connectivity index (χ3n) is 6.82. The van der Waals surface area contributed by atoms with Crippen LogP contribution >= 0.6 is 12.4 Å². The Morgan fingerprint density at radius 2 is 1.81 bits per heavy atom. The van der Waals surface area contributed by atoms with E-state index in [1.54, 1.807) is 0 Å². The van der Waals surface area contributed by atoms with Gasteiger partial charge in [-0.15, -0.1) is 25.6 Å². The summed E-state index contributed by atoms with van der Waals surface area (Å²) in [6.45, 7) is 6.74. The molecule has 1 saturated heterocycles. The molecule has 0 atom stereocenters. The van der Waals surface area contributed by atoms with Gasteiger partial charge in [0.2, 0.25) is 0 Å². The molecule has 1 saturated carbocycles. The molecule has 32 heavy (non-hydrogen) atoms. The number of piperidine rings is 1. The summed E-state index contributed by atoms with van der Waals surface area (Å²) in [7, 11) is 0. The van der Waals surface area contributed by atoms with Crippen LogP contribution < -0.4 is 10.5 Å². The van der Waals surface area contributed by atoms with E-state index in [1.165, 1.54) is 16.7 Å². The first-order chi connectivity index (χ1) is 14.7. The number of alkyl halides is 3. The van der Waals surface area contributed by atoms with Gasteiger partial charge in [0.1, 0.15) is 5.75 Å². The first-order valence-corrected chi connectivity index (χ1v) is 11.0. The van der Waals surface area contributed by atoms with Gasteiger partial charge in [-0.05, 0) is 64.5 Å². The second-order valence-corrected chi connectivity index (χ2v) is 8.79. The Balaban J connectivity index is 0.00000289. The highest BCUT2D eigenvalue weighted by Crippen LogP contribution is 2.38. The summed E-state index contributed by atoms with van der Waals surface area (Å²) in [6, 6.07) is 3.62. The van der Waals surface area contributed by atoms with Crippen LogP contribution in [0.25, 0.3) is 11.1 Å². The molecule has 2 aliphatic rings. The lowest BCUT2D eigenvalue weighted by Gasteiger charge is -2.48. The van der Waals surface area contributed by atoms with Crippen molar-refractivity contribution >= 4 is 23.5 Å². The number of halogens is 4. The third-order valence-corrected chi connectivity index (χ3v) is 6.82. The van der Waals surface area contributed by atoms with E-state index >= 15 is 0 Å². The predicted octanol–water partition coefficient (Wildman–Crippen LogP) is 5.29. The standard InChI is InChI=1S/C22H29F3N2O4.ClH/c1-3-29-16-6-10-21(2,11-7-16)26-12-8-15(9-13-26)27-18-14-17(31-22(23,24)25)4-5-19(18)30-20(27)28;/h4-5,14-16H,3,6-13H2,1-2H3;1H. The molecule has 0 bridgehead atoms. The van der Waals surface area contributed by atoms with Gasteiger partial charge in [0.15, 0.2) is 5.58 Å². The summed E-state index contributed by atoms with van der Waals surface area (Å²) in [5, 5.41) is 0. The van der Waals surface area contributed by atoms with Crippen LogP contribution in [0.5, 0.6) is 5.75 Å². The topological polar surface area (TPSA) is 56.8 Å². The van der Waals surface area contributed by atoms with E-state index in [0.717, 1.165) is 64.3 Å². The molecule has 2 fully saturated rings. The van der Waals surface area contributed by atoms with Gasteiger partial charge in [-0.1, -0.05) is 0 Å². The molecule has 10 heteroatoms. The minimum Gasteiger partial charge on any atom is -0.408 e. The highest BCUT2D eigenvalue weighted by atomic mass is 35.5. The fourth-order valence-corrected chi connectivity index (χ4v) is 5.15. The summed E-state index contributed by atoms with van der Waals surface area (Å²) >= 11 is 0. The molecule has 0 N–H and O–H groups in total. The highest BCUT2D eigenvalue weighted by Gasteiger charge is 2.39. The van der Waals surface area contributed by atoms with Crippen molar-refractivity contribution in [3.8, 4) is 5.75 Å². The van der Waals surface area contributed by atoms with E-state index in [0.29, 0.717) is 11.6 Å². The summed E-state index contributed by atoms with van der Waals surface area (Å²) < 4.78 is 54.4. The van der Waals surface area contributed by atoms with Gasteiger partial charge in [-0.3, -0.25) is 9.47 Å². The quantitative estimate of drug-likeness (QED) is 0.584. The Bertz CT molecular complexity index is 958. The Labute approximate surface area is 191 Å². The first kappa shape index (κ1) is 24.9. The van der Waals surface area contributed by atoms with Crippen LogP contribution in [0.1, 0.15) is 58.4 Å². The largest absolute Gasteiger partial charge is 0.573 e. The van der Waals surface area contributed by atoms with Crippen LogP contribution in [0.3, 0.4) is 0 Å². The minimum atomic E-state index is -4.79. The Morgan fingerprint density at radius 1 is 1.16 bits per heavy atom. The van der Waals surface area contributed by atoms with Gasteiger partial charge in [0.05, 0.1) is 11.6 Å². The van der Waals surface area contributed by atoms with Crippen LogP contribution in [0.4, 0.5) is 13.2 Å². The van der Waals surface area contributed by atoms with Gasteiger partial charge in [-0.25, -0.2) is 4.79 Å². The summed E-state index contributed by atoms with van der Waals surface area (Å²) in [5.41, 5.74) is 0.729. The number of fused-ring (bicyclic) bond motifs is 1. The molecular weight excluding hydrogens is 449 g/mol. The van der Waals surface area contributed by atoms with Crippen molar-refractivity contribution < 1.29 is 27.1 Å². The number of hydrogen-bond donors (Lipinski definition) is 0. The average Bonchev–Trinajstić information content (AvgIpc) is 3.04. The van der Waals surface area contributed by atoms with E-state index in [-0.39, 0.29) is 35.3 Å². The maximum atomic E-state index is 12.6. The van der Waals surface area contributed by atoms with Gasteiger partial charge in [-0.2, -0.15) is 0 Å². The molecule has 4 rings (SSSR count). The number of hydrogen-bond acceptors (Lipinski definition) is 5. The smallest absolute Gasteiger partial charge is 0.408 e. The predicted molar refractivity (Wildman–Crippen MR) is 117 cm³/mol. The molecule has 2 aromatic rings.